The van der Waals surface area contributed by atoms with Crippen molar-refractivity contribution >= 4 is 27.0 Å². The molecule has 3 aromatic rings. The van der Waals surface area contributed by atoms with Crippen LogP contribution < -0.4 is 11.3 Å². The van der Waals surface area contributed by atoms with E-state index in [1.807, 2.05) is 24.3 Å². The van der Waals surface area contributed by atoms with Crippen molar-refractivity contribution in [1.29, 1.82) is 0 Å². The van der Waals surface area contributed by atoms with Gasteiger partial charge in [0.2, 0.25) is 0 Å². The Bertz CT molecular complexity index is 860. The van der Waals surface area contributed by atoms with E-state index in [9.17, 15) is 9.59 Å². The molecule has 19 heavy (non-hydrogen) atoms. The number of hydrogen-bond acceptors (Lipinski definition) is 3. The standard InChI is InChI=1S/C13H9BrN2O3/c14-9-4-2-1-3-8(9)7-16-6-5-10-11(12(16)17)15-13(18)19-10/h1-6H,7H2,(H,15,18). The van der Waals surface area contributed by atoms with E-state index in [1.165, 1.54) is 4.57 Å². The third kappa shape index (κ3) is 2.15. The van der Waals surface area contributed by atoms with Crippen LogP contribution in [-0.4, -0.2) is 9.55 Å². The van der Waals surface area contributed by atoms with Crippen LogP contribution in [0, 0.1) is 0 Å². The maximum absolute atomic E-state index is 12.2. The molecule has 0 saturated heterocycles. The van der Waals surface area contributed by atoms with Gasteiger partial charge >= 0.3 is 5.76 Å². The van der Waals surface area contributed by atoms with Crippen molar-refractivity contribution in [2.45, 2.75) is 6.54 Å². The minimum atomic E-state index is -0.620. The molecule has 0 atom stereocenters. The van der Waals surface area contributed by atoms with Crippen molar-refractivity contribution in [2.24, 2.45) is 0 Å². The zero-order valence-corrected chi connectivity index (χ0v) is 11.3. The van der Waals surface area contributed by atoms with Crippen LogP contribution in [0.4, 0.5) is 0 Å². The number of nitrogens with zero attached hydrogens (tertiary/aromatic N) is 1. The zero-order chi connectivity index (χ0) is 13.4. The number of pyridine rings is 1. The molecule has 1 aromatic carbocycles. The van der Waals surface area contributed by atoms with Gasteiger partial charge in [0.05, 0.1) is 6.54 Å². The van der Waals surface area contributed by atoms with Crippen LogP contribution in [0.15, 0.2) is 55.0 Å². The van der Waals surface area contributed by atoms with Crippen molar-refractivity contribution in [1.82, 2.24) is 9.55 Å². The van der Waals surface area contributed by atoms with Gasteiger partial charge in [-0.15, -0.1) is 0 Å². The highest BCUT2D eigenvalue weighted by atomic mass is 79.9. The van der Waals surface area contributed by atoms with E-state index in [0.29, 0.717) is 6.54 Å². The number of rotatable bonds is 2. The van der Waals surface area contributed by atoms with Gasteiger partial charge in [0.1, 0.15) is 0 Å². The van der Waals surface area contributed by atoms with Gasteiger partial charge in [-0.25, -0.2) is 4.79 Å². The second kappa shape index (κ2) is 4.55. The summed E-state index contributed by atoms with van der Waals surface area (Å²) in [5.41, 5.74) is 1.17. The van der Waals surface area contributed by atoms with Crippen molar-refractivity contribution in [2.75, 3.05) is 0 Å². The summed E-state index contributed by atoms with van der Waals surface area (Å²) >= 11 is 3.44. The fourth-order valence-electron chi connectivity index (χ4n) is 1.92. The quantitative estimate of drug-likeness (QED) is 0.786. The summed E-state index contributed by atoms with van der Waals surface area (Å²) < 4.78 is 7.30. The highest BCUT2D eigenvalue weighted by molar-refractivity contribution is 9.10. The largest absolute Gasteiger partial charge is 0.417 e. The molecule has 3 rings (SSSR count). The molecule has 2 aromatic heterocycles. The number of H-pyrrole nitrogens is 1. The molecule has 0 aliphatic heterocycles. The molecule has 0 radical (unpaired) electrons. The normalized spacial score (nSPS) is 11.0. The van der Waals surface area contributed by atoms with Crippen LogP contribution >= 0.6 is 15.9 Å². The van der Waals surface area contributed by atoms with E-state index in [2.05, 4.69) is 20.9 Å². The van der Waals surface area contributed by atoms with Crippen LogP contribution in [0.5, 0.6) is 0 Å². The smallest absolute Gasteiger partial charge is 0.408 e. The SMILES string of the molecule is O=c1[nH]c2c(=O)n(Cc3ccccc3Br)ccc2o1. The molecular formula is C13H9BrN2O3. The number of nitrogens with one attached hydrogen (secondary N) is 1. The Labute approximate surface area is 115 Å². The number of benzene rings is 1. The predicted octanol–water partition coefficient (Wildman–Crippen LogP) is 2.09. The van der Waals surface area contributed by atoms with E-state index >= 15 is 0 Å². The first-order valence-corrected chi connectivity index (χ1v) is 6.40. The summed E-state index contributed by atoms with van der Waals surface area (Å²) in [7, 11) is 0. The minimum absolute atomic E-state index is 0.194. The lowest BCUT2D eigenvalue weighted by atomic mass is 10.2. The number of oxazole rings is 1. The number of aromatic amines is 1. The van der Waals surface area contributed by atoms with Gasteiger partial charge in [0.25, 0.3) is 5.56 Å². The van der Waals surface area contributed by atoms with Gasteiger partial charge in [0, 0.05) is 10.7 Å². The second-order valence-corrected chi connectivity index (χ2v) is 4.95. The summed E-state index contributed by atoms with van der Waals surface area (Å²) in [5, 5.41) is 0. The first-order valence-electron chi connectivity index (χ1n) is 5.61. The Morgan fingerprint density at radius 1 is 1.21 bits per heavy atom. The lowest BCUT2D eigenvalue weighted by molar-refractivity contribution is 0.555. The molecule has 6 heteroatoms. The van der Waals surface area contributed by atoms with Gasteiger partial charge in [0.15, 0.2) is 11.1 Å². The van der Waals surface area contributed by atoms with Crippen LogP contribution in [0.3, 0.4) is 0 Å². The monoisotopic (exact) mass is 320 g/mol. The molecule has 0 spiro atoms. The summed E-state index contributed by atoms with van der Waals surface area (Å²) in [6.07, 6.45) is 1.61. The van der Waals surface area contributed by atoms with Gasteiger partial charge in [-0.05, 0) is 17.7 Å². The molecule has 1 N–H and O–H groups in total. The molecule has 0 fully saturated rings. The minimum Gasteiger partial charge on any atom is -0.408 e. The Balaban J connectivity index is 2.11. The topological polar surface area (TPSA) is 68.0 Å². The Morgan fingerprint density at radius 2 is 2.00 bits per heavy atom. The lowest BCUT2D eigenvalue weighted by Crippen LogP contribution is -2.20. The Morgan fingerprint density at radius 3 is 2.79 bits per heavy atom. The van der Waals surface area contributed by atoms with Crippen molar-refractivity contribution < 1.29 is 4.42 Å². The van der Waals surface area contributed by atoms with Crippen LogP contribution in [0.25, 0.3) is 11.1 Å². The van der Waals surface area contributed by atoms with Crippen molar-refractivity contribution in [3.8, 4) is 0 Å². The predicted molar refractivity (Wildman–Crippen MR) is 74.3 cm³/mol. The van der Waals surface area contributed by atoms with Crippen molar-refractivity contribution in [3.05, 3.63) is 67.5 Å². The maximum atomic E-state index is 12.2. The molecule has 2 heterocycles. The second-order valence-electron chi connectivity index (χ2n) is 4.09. The first kappa shape index (κ1) is 12.0. The molecule has 96 valence electrons. The Kier molecular flexibility index (Phi) is 2.87. The highest BCUT2D eigenvalue weighted by Gasteiger charge is 2.08. The van der Waals surface area contributed by atoms with E-state index in [4.69, 9.17) is 4.42 Å². The van der Waals surface area contributed by atoms with Crippen LogP contribution in [0.2, 0.25) is 0 Å². The van der Waals surface area contributed by atoms with Crippen LogP contribution in [-0.2, 0) is 6.54 Å². The zero-order valence-electron chi connectivity index (χ0n) is 9.72. The van der Waals surface area contributed by atoms with Crippen LogP contribution in [0.1, 0.15) is 5.56 Å². The summed E-state index contributed by atoms with van der Waals surface area (Å²) in [6.45, 7) is 0.420. The average Bonchev–Trinajstić information content (AvgIpc) is 2.77. The lowest BCUT2D eigenvalue weighted by Gasteiger charge is -2.07. The van der Waals surface area contributed by atoms with Crippen molar-refractivity contribution in [3.63, 3.8) is 0 Å². The Hall–Kier alpha value is -2.08. The first-order chi connectivity index (χ1) is 9.15. The number of aromatic nitrogens is 2. The maximum Gasteiger partial charge on any atom is 0.417 e. The van der Waals surface area contributed by atoms with Gasteiger partial charge in [-0.3, -0.25) is 9.78 Å². The third-order valence-corrected chi connectivity index (χ3v) is 3.63. The van der Waals surface area contributed by atoms with E-state index in [0.717, 1.165) is 10.0 Å². The van der Waals surface area contributed by atoms with E-state index in [-0.39, 0.29) is 16.7 Å². The fourth-order valence-corrected chi connectivity index (χ4v) is 2.33. The molecule has 5 nitrogen and oxygen atoms in total. The molecule has 0 aliphatic carbocycles. The molecule has 0 amide bonds. The van der Waals surface area contributed by atoms with Gasteiger partial charge in [-0.1, -0.05) is 34.1 Å². The molecule has 0 bridgehead atoms. The third-order valence-electron chi connectivity index (χ3n) is 2.86. The van der Waals surface area contributed by atoms with Gasteiger partial charge < -0.3 is 8.98 Å². The fraction of sp³-hybridized carbons (Fsp3) is 0.0769. The number of fused-ring (bicyclic) bond motifs is 1. The molecule has 0 saturated carbocycles. The number of halogens is 1. The molecule has 0 aliphatic rings. The average molecular weight is 321 g/mol. The highest BCUT2D eigenvalue weighted by Crippen LogP contribution is 2.16. The van der Waals surface area contributed by atoms with Gasteiger partial charge in [-0.2, -0.15) is 0 Å². The van der Waals surface area contributed by atoms with E-state index < -0.39 is 5.76 Å². The molecule has 0 unspecified atom stereocenters. The number of hydrogen-bond donors (Lipinski definition) is 1. The summed E-state index contributed by atoms with van der Waals surface area (Å²) in [4.78, 5) is 25.7. The summed E-state index contributed by atoms with van der Waals surface area (Å²) in [6, 6.07) is 9.26. The summed E-state index contributed by atoms with van der Waals surface area (Å²) in [5.74, 6) is -0.620. The van der Waals surface area contributed by atoms with E-state index in [1.54, 1.807) is 12.3 Å². The molecular weight excluding hydrogens is 312 g/mol.